The van der Waals surface area contributed by atoms with Crippen molar-refractivity contribution in [3.63, 3.8) is 0 Å². The van der Waals surface area contributed by atoms with E-state index in [-0.39, 0.29) is 13.0 Å². The molecule has 1 amide bonds. The van der Waals surface area contributed by atoms with E-state index < -0.39 is 29.3 Å². The molecule has 0 aliphatic carbocycles. The molecule has 1 atom stereocenters. The van der Waals surface area contributed by atoms with Crippen molar-refractivity contribution in [3.05, 3.63) is 35.9 Å². The van der Waals surface area contributed by atoms with Crippen LogP contribution >= 0.6 is 0 Å². The average molecular weight is 337 g/mol. The third-order valence-electron chi connectivity index (χ3n) is 2.90. The molecule has 6 nitrogen and oxygen atoms in total. The smallest absolute Gasteiger partial charge is 0.408 e. The van der Waals surface area contributed by atoms with Crippen LogP contribution in [0.4, 0.5) is 4.79 Å². The molecular weight excluding hydrogens is 310 g/mol. The highest BCUT2D eigenvalue weighted by Gasteiger charge is 2.31. The lowest BCUT2D eigenvalue weighted by Gasteiger charge is -2.28. The van der Waals surface area contributed by atoms with Gasteiger partial charge < -0.3 is 19.9 Å². The van der Waals surface area contributed by atoms with Gasteiger partial charge in [0, 0.05) is 6.42 Å². The molecule has 1 aromatic rings. The number of ether oxygens (including phenoxy) is 2. The van der Waals surface area contributed by atoms with E-state index in [0.717, 1.165) is 5.56 Å². The molecule has 0 heterocycles. The fourth-order valence-electron chi connectivity index (χ4n) is 1.97. The molecule has 1 rings (SSSR count). The van der Waals surface area contributed by atoms with E-state index in [1.165, 1.54) is 0 Å². The SMILES string of the molecule is CC(C)(O)C[C@H](NC(=O)OCc1ccccc1)C(=O)OC(C)(C)C. The number of rotatable bonds is 6. The molecule has 1 aromatic carbocycles. The highest BCUT2D eigenvalue weighted by Crippen LogP contribution is 2.16. The number of aliphatic hydroxyl groups is 1. The predicted molar refractivity (Wildman–Crippen MR) is 90.3 cm³/mol. The van der Waals surface area contributed by atoms with Gasteiger partial charge in [0.25, 0.3) is 0 Å². The Labute approximate surface area is 143 Å². The van der Waals surface area contributed by atoms with Crippen molar-refractivity contribution in [1.29, 1.82) is 0 Å². The molecule has 0 saturated heterocycles. The quantitative estimate of drug-likeness (QED) is 0.780. The number of carbonyl (C=O) groups excluding carboxylic acids is 2. The molecule has 2 N–H and O–H groups in total. The van der Waals surface area contributed by atoms with Gasteiger partial charge in [-0.3, -0.25) is 0 Å². The zero-order chi connectivity index (χ0) is 18.4. The zero-order valence-electron chi connectivity index (χ0n) is 15.0. The van der Waals surface area contributed by atoms with Crippen molar-refractivity contribution < 1.29 is 24.2 Å². The molecule has 0 aromatic heterocycles. The Morgan fingerprint density at radius 1 is 1.12 bits per heavy atom. The van der Waals surface area contributed by atoms with Crippen molar-refractivity contribution in [2.24, 2.45) is 0 Å². The minimum absolute atomic E-state index is 0.0162. The summed E-state index contributed by atoms with van der Waals surface area (Å²) in [5.74, 6) is -0.610. The van der Waals surface area contributed by atoms with Gasteiger partial charge in [-0.15, -0.1) is 0 Å². The van der Waals surface area contributed by atoms with Gasteiger partial charge >= 0.3 is 12.1 Å². The molecule has 0 spiro atoms. The Balaban J connectivity index is 2.66. The van der Waals surface area contributed by atoms with Gasteiger partial charge in [0.15, 0.2) is 0 Å². The molecule has 0 radical (unpaired) electrons. The summed E-state index contributed by atoms with van der Waals surface area (Å²) in [6.45, 7) is 8.41. The standard InChI is InChI=1S/C18H27NO5/c1-17(2,3)24-15(20)14(11-18(4,5)22)19-16(21)23-12-13-9-7-6-8-10-13/h6-10,14,22H,11-12H2,1-5H3,(H,19,21)/t14-/m0/s1. The van der Waals surface area contributed by atoms with Crippen LogP contribution in [0.15, 0.2) is 30.3 Å². The summed E-state index contributed by atoms with van der Waals surface area (Å²) in [5.41, 5.74) is -0.997. The summed E-state index contributed by atoms with van der Waals surface area (Å²) in [6.07, 6.45) is -0.721. The summed E-state index contributed by atoms with van der Waals surface area (Å²) < 4.78 is 10.4. The predicted octanol–water partition coefficient (Wildman–Crippen LogP) is 2.78. The number of amides is 1. The number of hydrogen-bond acceptors (Lipinski definition) is 5. The molecule has 134 valence electrons. The zero-order valence-corrected chi connectivity index (χ0v) is 15.0. The van der Waals surface area contributed by atoms with Crippen LogP contribution in [0, 0.1) is 0 Å². The maximum absolute atomic E-state index is 12.2. The van der Waals surface area contributed by atoms with Gasteiger partial charge in [-0.2, -0.15) is 0 Å². The van der Waals surface area contributed by atoms with Gasteiger partial charge in [0.2, 0.25) is 0 Å². The second kappa shape index (κ2) is 8.15. The van der Waals surface area contributed by atoms with E-state index in [0.29, 0.717) is 0 Å². The molecule has 0 aliphatic heterocycles. The first-order valence-corrected chi connectivity index (χ1v) is 7.89. The van der Waals surface area contributed by atoms with Gasteiger partial charge in [-0.1, -0.05) is 30.3 Å². The normalized spacial score (nSPS) is 13.1. The van der Waals surface area contributed by atoms with E-state index >= 15 is 0 Å². The summed E-state index contributed by atoms with van der Waals surface area (Å²) in [6, 6.07) is 8.21. The highest BCUT2D eigenvalue weighted by atomic mass is 16.6. The van der Waals surface area contributed by atoms with E-state index in [1.807, 2.05) is 30.3 Å². The monoisotopic (exact) mass is 337 g/mol. The van der Waals surface area contributed by atoms with Gasteiger partial charge in [0.1, 0.15) is 18.2 Å². The molecule has 0 bridgehead atoms. The molecule has 0 aliphatic rings. The topological polar surface area (TPSA) is 84.9 Å². The molecule has 24 heavy (non-hydrogen) atoms. The number of alkyl carbamates (subject to hydrolysis) is 1. The van der Waals surface area contributed by atoms with E-state index in [9.17, 15) is 14.7 Å². The van der Waals surface area contributed by atoms with Crippen molar-refractivity contribution in [2.75, 3.05) is 0 Å². The van der Waals surface area contributed by atoms with Gasteiger partial charge in [-0.05, 0) is 40.2 Å². The fraction of sp³-hybridized carbons (Fsp3) is 0.556. The minimum atomic E-state index is -1.14. The lowest BCUT2D eigenvalue weighted by atomic mass is 9.99. The van der Waals surface area contributed by atoms with Crippen LogP contribution < -0.4 is 5.32 Å². The van der Waals surface area contributed by atoms with E-state index in [1.54, 1.807) is 34.6 Å². The van der Waals surface area contributed by atoms with Crippen LogP contribution in [0.25, 0.3) is 0 Å². The lowest BCUT2D eigenvalue weighted by Crippen LogP contribution is -2.47. The largest absolute Gasteiger partial charge is 0.458 e. The Morgan fingerprint density at radius 3 is 2.21 bits per heavy atom. The maximum Gasteiger partial charge on any atom is 0.408 e. The maximum atomic E-state index is 12.2. The van der Waals surface area contributed by atoms with Crippen molar-refractivity contribution >= 4 is 12.1 Å². The van der Waals surface area contributed by atoms with Crippen molar-refractivity contribution in [2.45, 2.75) is 64.9 Å². The van der Waals surface area contributed by atoms with Gasteiger partial charge in [-0.25, -0.2) is 9.59 Å². The van der Waals surface area contributed by atoms with Crippen LogP contribution in [0.1, 0.15) is 46.6 Å². The molecule has 6 heteroatoms. The van der Waals surface area contributed by atoms with E-state index in [4.69, 9.17) is 9.47 Å². The van der Waals surface area contributed by atoms with Gasteiger partial charge in [0.05, 0.1) is 5.60 Å². The van der Waals surface area contributed by atoms with Crippen LogP contribution in [0.2, 0.25) is 0 Å². The summed E-state index contributed by atoms with van der Waals surface area (Å²) >= 11 is 0. The number of nitrogens with one attached hydrogen (secondary N) is 1. The Morgan fingerprint density at radius 2 is 1.71 bits per heavy atom. The average Bonchev–Trinajstić information content (AvgIpc) is 2.42. The highest BCUT2D eigenvalue weighted by molar-refractivity contribution is 5.81. The molecular formula is C18H27NO5. The first-order valence-electron chi connectivity index (χ1n) is 7.89. The number of esters is 1. The third-order valence-corrected chi connectivity index (χ3v) is 2.90. The first-order chi connectivity index (χ1) is 11.0. The van der Waals surface area contributed by atoms with Crippen LogP contribution in [-0.2, 0) is 20.9 Å². The molecule has 0 unspecified atom stereocenters. The van der Waals surface area contributed by atoms with Crippen molar-refractivity contribution in [1.82, 2.24) is 5.32 Å². The van der Waals surface area contributed by atoms with E-state index in [2.05, 4.69) is 5.32 Å². The Kier molecular flexibility index (Phi) is 6.78. The number of benzene rings is 1. The minimum Gasteiger partial charge on any atom is -0.458 e. The second-order valence-electron chi connectivity index (χ2n) is 7.31. The Bertz CT molecular complexity index is 543. The van der Waals surface area contributed by atoms with Crippen LogP contribution in [0.3, 0.4) is 0 Å². The summed E-state index contributed by atoms with van der Waals surface area (Å²) in [5, 5.41) is 12.4. The molecule has 0 fully saturated rings. The Hall–Kier alpha value is -2.08. The lowest BCUT2D eigenvalue weighted by molar-refractivity contribution is -0.159. The van der Waals surface area contributed by atoms with Crippen LogP contribution in [0.5, 0.6) is 0 Å². The summed E-state index contributed by atoms with van der Waals surface area (Å²) in [7, 11) is 0. The van der Waals surface area contributed by atoms with Crippen molar-refractivity contribution in [3.8, 4) is 0 Å². The third kappa shape index (κ3) is 8.53. The van der Waals surface area contributed by atoms with Crippen LogP contribution in [-0.4, -0.2) is 34.4 Å². The molecule has 0 saturated carbocycles. The second-order valence-corrected chi connectivity index (χ2v) is 7.31. The summed E-state index contributed by atoms with van der Waals surface area (Å²) in [4.78, 5) is 24.2. The fourth-order valence-corrected chi connectivity index (χ4v) is 1.97. The number of hydrogen-bond donors (Lipinski definition) is 2. The first kappa shape index (κ1) is 20.0. The number of carbonyl (C=O) groups is 2.